The monoisotopic (exact) mass is 175 g/mol. The molecule has 0 aliphatic carbocycles. The average molecular weight is 175 g/mol. The van der Waals surface area contributed by atoms with Gasteiger partial charge in [0.2, 0.25) is 0 Å². The van der Waals surface area contributed by atoms with E-state index in [0.29, 0.717) is 13.2 Å². The Morgan fingerprint density at radius 3 is 2.25 bits per heavy atom. The third kappa shape index (κ3) is 3.09. The van der Waals surface area contributed by atoms with E-state index in [-0.39, 0.29) is 12.0 Å². The zero-order chi connectivity index (χ0) is 9.45. The lowest BCUT2D eigenvalue weighted by Gasteiger charge is -2.39. The molecule has 1 aliphatic rings. The number of ether oxygens (including phenoxy) is 1. The number of rotatable bonds is 4. The van der Waals surface area contributed by atoms with Crippen molar-refractivity contribution in [3.63, 3.8) is 0 Å². The minimum atomic E-state index is 0.0377. The molecule has 0 aromatic rings. The highest BCUT2D eigenvalue weighted by molar-refractivity contribution is 4.86. The summed E-state index contributed by atoms with van der Waals surface area (Å²) < 4.78 is 5.03. The van der Waals surface area contributed by atoms with Gasteiger partial charge in [-0.2, -0.15) is 0 Å². The Hall–Kier alpha value is -0.120. The quantitative estimate of drug-likeness (QED) is 0.658. The van der Waals surface area contributed by atoms with Gasteiger partial charge in [0.15, 0.2) is 0 Å². The van der Waals surface area contributed by atoms with Crippen LogP contribution >= 0.6 is 0 Å². The predicted molar refractivity (Wildman–Crippen MR) is 50.2 cm³/mol. The minimum Gasteiger partial charge on any atom is -0.396 e. The van der Waals surface area contributed by atoms with E-state index in [1.54, 1.807) is 0 Å². The van der Waals surface area contributed by atoms with E-state index in [0.717, 1.165) is 13.1 Å². The van der Waals surface area contributed by atoms with E-state index in [1.807, 2.05) is 13.8 Å². The van der Waals surface area contributed by atoms with E-state index in [2.05, 4.69) is 12.2 Å². The van der Waals surface area contributed by atoms with Crippen LogP contribution in [-0.4, -0.2) is 38.0 Å². The van der Waals surface area contributed by atoms with Gasteiger partial charge in [0.05, 0.1) is 25.2 Å². The van der Waals surface area contributed by atoms with Crippen molar-refractivity contribution in [2.24, 2.45) is 5.41 Å². The molecule has 0 bridgehead atoms. The average Bonchev–Trinajstić information content (AvgIpc) is 2.08. The van der Waals surface area contributed by atoms with Crippen LogP contribution in [0.4, 0.5) is 0 Å². The van der Waals surface area contributed by atoms with Crippen LogP contribution in [0.2, 0.25) is 0 Å². The molecule has 0 radical (unpaired) electrons. The maximum Gasteiger partial charge on any atom is 0.0579 e. The molecule has 1 fully saturated rings. The van der Waals surface area contributed by atoms with Crippen LogP contribution in [0.25, 0.3) is 0 Å². The van der Waals surface area contributed by atoms with Crippen molar-refractivity contribution in [2.45, 2.75) is 20.8 Å². The molecular formula is C9H21NO2. The van der Waals surface area contributed by atoms with E-state index >= 15 is 0 Å². The number of hydrogen-bond acceptors (Lipinski definition) is 3. The lowest BCUT2D eigenvalue weighted by Crippen LogP contribution is -2.52. The zero-order valence-electron chi connectivity index (χ0n) is 8.39. The summed E-state index contributed by atoms with van der Waals surface area (Å²) in [4.78, 5) is 0. The van der Waals surface area contributed by atoms with Crippen molar-refractivity contribution < 1.29 is 9.84 Å². The summed E-state index contributed by atoms with van der Waals surface area (Å²) in [7, 11) is 0. The first-order chi connectivity index (χ1) is 5.83. The van der Waals surface area contributed by atoms with Gasteiger partial charge in [-0.3, -0.25) is 0 Å². The molecular weight excluding hydrogens is 154 g/mol. The highest BCUT2D eigenvalue weighted by atomic mass is 16.5. The summed E-state index contributed by atoms with van der Waals surface area (Å²) in [6.07, 6.45) is 0. The maximum absolute atomic E-state index is 8.94. The molecule has 74 valence electrons. The first-order valence-corrected chi connectivity index (χ1v) is 4.72. The Bertz CT molecular complexity index is 97.2. The smallest absolute Gasteiger partial charge is 0.0579 e. The van der Waals surface area contributed by atoms with Crippen molar-refractivity contribution >= 4 is 0 Å². The lowest BCUT2D eigenvalue weighted by atomic mass is 9.87. The number of nitrogens with one attached hydrogen (secondary N) is 1. The molecule has 1 heterocycles. The van der Waals surface area contributed by atoms with Crippen LogP contribution < -0.4 is 5.32 Å². The van der Waals surface area contributed by atoms with E-state index in [9.17, 15) is 0 Å². The van der Waals surface area contributed by atoms with Crippen molar-refractivity contribution in [3.8, 4) is 0 Å². The van der Waals surface area contributed by atoms with Crippen LogP contribution in [0.5, 0.6) is 0 Å². The second kappa shape index (κ2) is 6.40. The molecule has 3 heteroatoms. The van der Waals surface area contributed by atoms with E-state index in [4.69, 9.17) is 9.84 Å². The van der Waals surface area contributed by atoms with Gasteiger partial charge in [-0.25, -0.2) is 0 Å². The van der Waals surface area contributed by atoms with E-state index < -0.39 is 0 Å². The van der Waals surface area contributed by atoms with Crippen LogP contribution in [0.3, 0.4) is 0 Å². The van der Waals surface area contributed by atoms with Crippen molar-refractivity contribution in [2.75, 3.05) is 32.9 Å². The van der Waals surface area contributed by atoms with Crippen LogP contribution in [-0.2, 0) is 4.74 Å². The highest BCUT2D eigenvalue weighted by Gasteiger charge is 2.37. The number of aliphatic hydroxyl groups is 1. The normalized spacial score (nSPS) is 19.0. The molecule has 0 spiro atoms. The topological polar surface area (TPSA) is 41.5 Å². The van der Waals surface area contributed by atoms with Gasteiger partial charge >= 0.3 is 0 Å². The Balaban J connectivity index is 0.000000561. The van der Waals surface area contributed by atoms with Crippen molar-refractivity contribution in [1.82, 2.24) is 5.32 Å². The first kappa shape index (κ1) is 11.9. The fourth-order valence-corrected chi connectivity index (χ4v) is 1.03. The Kier molecular flexibility index (Phi) is 6.34. The van der Waals surface area contributed by atoms with Gasteiger partial charge in [0.1, 0.15) is 0 Å². The SMILES string of the molecule is CC.CCNCC1(CO)COC1. The second-order valence-corrected chi connectivity index (χ2v) is 2.93. The molecule has 2 N–H and O–H groups in total. The van der Waals surface area contributed by atoms with Gasteiger partial charge in [-0.15, -0.1) is 0 Å². The Morgan fingerprint density at radius 2 is 2.00 bits per heavy atom. The summed E-state index contributed by atoms with van der Waals surface area (Å²) in [6.45, 7) is 9.54. The molecule has 12 heavy (non-hydrogen) atoms. The van der Waals surface area contributed by atoms with Crippen molar-refractivity contribution in [1.29, 1.82) is 0 Å². The summed E-state index contributed by atoms with van der Waals surface area (Å²) >= 11 is 0. The van der Waals surface area contributed by atoms with Gasteiger partial charge in [0, 0.05) is 6.54 Å². The summed E-state index contributed by atoms with van der Waals surface area (Å²) in [5.74, 6) is 0. The van der Waals surface area contributed by atoms with Crippen molar-refractivity contribution in [3.05, 3.63) is 0 Å². The standard InChI is InChI=1S/C7H15NO2.C2H6/c1-2-8-3-7(4-9)5-10-6-7;1-2/h8-9H,2-6H2,1H3;1-2H3. The molecule has 0 aromatic carbocycles. The van der Waals surface area contributed by atoms with Gasteiger partial charge < -0.3 is 15.2 Å². The first-order valence-electron chi connectivity index (χ1n) is 4.72. The molecule has 0 aromatic heterocycles. The molecule has 1 rings (SSSR count). The van der Waals surface area contributed by atoms with Gasteiger partial charge in [-0.1, -0.05) is 20.8 Å². The van der Waals surface area contributed by atoms with E-state index in [1.165, 1.54) is 0 Å². The van der Waals surface area contributed by atoms with Crippen LogP contribution in [0.15, 0.2) is 0 Å². The molecule has 0 atom stereocenters. The minimum absolute atomic E-state index is 0.0377. The fourth-order valence-electron chi connectivity index (χ4n) is 1.03. The Labute approximate surface area is 75.1 Å². The Morgan fingerprint density at radius 1 is 1.42 bits per heavy atom. The molecule has 0 saturated carbocycles. The largest absolute Gasteiger partial charge is 0.396 e. The second-order valence-electron chi connectivity index (χ2n) is 2.93. The maximum atomic E-state index is 8.94. The van der Waals surface area contributed by atoms with Crippen LogP contribution in [0, 0.1) is 5.41 Å². The van der Waals surface area contributed by atoms with Crippen LogP contribution in [0.1, 0.15) is 20.8 Å². The lowest BCUT2D eigenvalue weighted by molar-refractivity contribution is -0.134. The summed E-state index contributed by atoms with van der Waals surface area (Å²) in [6, 6.07) is 0. The number of hydrogen-bond donors (Lipinski definition) is 2. The molecule has 1 aliphatic heterocycles. The summed E-state index contributed by atoms with van der Waals surface area (Å²) in [5.41, 5.74) is 0.0377. The molecule has 3 nitrogen and oxygen atoms in total. The third-order valence-corrected chi connectivity index (χ3v) is 1.90. The van der Waals surface area contributed by atoms with Gasteiger partial charge in [0.25, 0.3) is 0 Å². The molecule has 1 saturated heterocycles. The predicted octanol–water partition coefficient (Wildman–Crippen LogP) is 0.631. The fraction of sp³-hybridized carbons (Fsp3) is 1.00. The molecule has 0 amide bonds. The van der Waals surface area contributed by atoms with Gasteiger partial charge in [-0.05, 0) is 6.54 Å². The summed E-state index contributed by atoms with van der Waals surface area (Å²) in [5, 5.41) is 12.1. The third-order valence-electron chi connectivity index (χ3n) is 1.90. The highest BCUT2D eigenvalue weighted by Crippen LogP contribution is 2.25. The zero-order valence-corrected chi connectivity index (χ0v) is 8.39. The molecule has 0 unspecified atom stereocenters. The number of aliphatic hydroxyl groups excluding tert-OH is 1.